The first-order valence-electron chi connectivity index (χ1n) is 6.21. The topological polar surface area (TPSA) is 65.7 Å². The summed E-state index contributed by atoms with van der Waals surface area (Å²) >= 11 is 0. The van der Waals surface area contributed by atoms with E-state index in [0.717, 1.165) is 11.4 Å². The molecular weight excluding hydrogens is 232 g/mol. The van der Waals surface area contributed by atoms with Crippen molar-refractivity contribution in [2.24, 2.45) is 0 Å². The average molecular weight is 252 g/mol. The zero-order chi connectivity index (χ0) is 13.0. The van der Waals surface area contributed by atoms with Crippen molar-refractivity contribution in [1.82, 2.24) is 0 Å². The van der Waals surface area contributed by atoms with E-state index in [9.17, 15) is 0 Å². The summed E-state index contributed by atoms with van der Waals surface area (Å²) in [6.45, 7) is 6.53. The fraction of sp³-hybridized carbons (Fsp3) is 0.538. The van der Waals surface area contributed by atoms with Crippen LogP contribution in [-0.2, 0) is 4.74 Å². The summed E-state index contributed by atoms with van der Waals surface area (Å²) < 4.78 is 16.4. The van der Waals surface area contributed by atoms with Crippen LogP contribution in [0.1, 0.15) is 13.8 Å². The number of hydrogen-bond acceptors (Lipinski definition) is 5. The van der Waals surface area contributed by atoms with Crippen LogP contribution in [-0.4, -0.2) is 32.5 Å². The van der Waals surface area contributed by atoms with Gasteiger partial charge in [0.1, 0.15) is 13.2 Å². The quantitative estimate of drug-likeness (QED) is 0.618. The smallest absolute Gasteiger partial charge is 0.163 e. The van der Waals surface area contributed by atoms with Crippen LogP contribution in [0, 0.1) is 0 Å². The van der Waals surface area contributed by atoms with Crippen molar-refractivity contribution in [3.63, 3.8) is 0 Å². The lowest BCUT2D eigenvalue weighted by atomic mass is 10.2. The summed E-state index contributed by atoms with van der Waals surface area (Å²) in [5.41, 5.74) is 7.46. The van der Waals surface area contributed by atoms with Crippen molar-refractivity contribution in [3.8, 4) is 11.5 Å². The molecule has 2 rings (SSSR count). The third-order valence-corrected chi connectivity index (χ3v) is 2.58. The van der Waals surface area contributed by atoms with Gasteiger partial charge in [-0.1, -0.05) is 0 Å². The predicted octanol–water partition coefficient (Wildman–Crippen LogP) is 1.88. The maximum Gasteiger partial charge on any atom is 0.163 e. The average Bonchev–Trinajstić information content (AvgIpc) is 2.34. The first kappa shape index (κ1) is 12.8. The summed E-state index contributed by atoms with van der Waals surface area (Å²) in [5, 5.41) is 3.23. The van der Waals surface area contributed by atoms with Gasteiger partial charge in [0.2, 0.25) is 0 Å². The molecule has 0 aromatic heterocycles. The maximum atomic E-state index is 5.95. The summed E-state index contributed by atoms with van der Waals surface area (Å²) in [7, 11) is 0. The Hall–Kier alpha value is -1.62. The highest BCUT2D eigenvalue weighted by Gasteiger charge is 2.14. The third kappa shape index (κ3) is 3.20. The van der Waals surface area contributed by atoms with E-state index < -0.39 is 0 Å². The number of nitrogens with one attached hydrogen (secondary N) is 1. The molecule has 0 spiro atoms. The second-order valence-electron chi connectivity index (χ2n) is 4.43. The highest BCUT2D eigenvalue weighted by Crippen LogP contribution is 2.36. The van der Waals surface area contributed by atoms with Gasteiger partial charge >= 0.3 is 0 Å². The van der Waals surface area contributed by atoms with E-state index in [1.807, 2.05) is 19.9 Å². The number of benzene rings is 1. The van der Waals surface area contributed by atoms with Gasteiger partial charge in [0.05, 0.1) is 24.1 Å². The van der Waals surface area contributed by atoms with Gasteiger partial charge in [0.25, 0.3) is 0 Å². The molecule has 1 heterocycles. The van der Waals surface area contributed by atoms with Gasteiger partial charge in [-0.3, -0.25) is 0 Å². The number of fused-ring (bicyclic) bond motifs is 1. The molecule has 1 aromatic rings. The van der Waals surface area contributed by atoms with Crippen molar-refractivity contribution in [1.29, 1.82) is 0 Å². The van der Waals surface area contributed by atoms with Gasteiger partial charge in [-0.05, 0) is 13.8 Å². The minimum Gasteiger partial charge on any atom is -0.486 e. The molecule has 0 radical (unpaired) electrons. The van der Waals surface area contributed by atoms with Gasteiger partial charge in [-0.15, -0.1) is 0 Å². The Bertz CT molecular complexity index is 407. The Morgan fingerprint density at radius 1 is 1.28 bits per heavy atom. The fourth-order valence-corrected chi connectivity index (χ4v) is 1.74. The van der Waals surface area contributed by atoms with E-state index in [0.29, 0.717) is 37.8 Å². The van der Waals surface area contributed by atoms with Gasteiger partial charge < -0.3 is 25.3 Å². The summed E-state index contributed by atoms with van der Waals surface area (Å²) in [5.74, 6) is 1.45. The number of anilines is 2. The van der Waals surface area contributed by atoms with E-state index >= 15 is 0 Å². The minimum atomic E-state index is 0.240. The maximum absolute atomic E-state index is 5.95. The van der Waals surface area contributed by atoms with Gasteiger partial charge in [-0.2, -0.15) is 0 Å². The van der Waals surface area contributed by atoms with Crippen LogP contribution < -0.4 is 20.5 Å². The molecule has 1 aliphatic heterocycles. The molecule has 0 aliphatic carbocycles. The van der Waals surface area contributed by atoms with Crippen LogP contribution in [0.4, 0.5) is 11.4 Å². The normalized spacial score (nSPS) is 13.7. The van der Waals surface area contributed by atoms with Crippen molar-refractivity contribution in [3.05, 3.63) is 12.1 Å². The van der Waals surface area contributed by atoms with E-state index in [-0.39, 0.29) is 6.10 Å². The largest absolute Gasteiger partial charge is 0.486 e. The number of hydrogen-bond donors (Lipinski definition) is 2. The third-order valence-electron chi connectivity index (χ3n) is 2.58. The van der Waals surface area contributed by atoms with Crippen LogP contribution in [0.5, 0.6) is 11.5 Å². The Balaban J connectivity index is 1.95. The standard InChI is InChI=1S/C13H20N2O3/c1-9(2)16-4-3-15-11-8-13-12(7-10(11)14)17-5-6-18-13/h7-9,15H,3-6,14H2,1-2H3. The number of nitrogens with two attached hydrogens (primary N) is 1. The second kappa shape index (κ2) is 5.82. The molecule has 0 amide bonds. The minimum absolute atomic E-state index is 0.240. The lowest BCUT2D eigenvalue weighted by Crippen LogP contribution is -2.17. The predicted molar refractivity (Wildman–Crippen MR) is 71.4 cm³/mol. The Kier molecular flexibility index (Phi) is 4.15. The molecule has 0 atom stereocenters. The first-order chi connectivity index (χ1) is 8.66. The van der Waals surface area contributed by atoms with Crippen molar-refractivity contribution >= 4 is 11.4 Å². The molecule has 0 saturated heterocycles. The van der Waals surface area contributed by atoms with Crippen LogP contribution >= 0.6 is 0 Å². The summed E-state index contributed by atoms with van der Waals surface area (Å²) in [6.07, 6.45) is 0.240. The molecule has 0 unspecified atom stereocenters. The molecule has 3 N–H and O–H groups in total. The van der Waals surface area contributed by atoms with E-state index in [1.54, 1.807) is 6.07 Å². The fourth-order valence-electron chi connectivity index (χ4n) is 1.74. The van der Waals surface area contributed by atoms with Crippen molar-refractivity contribution in [2.75, 3.05) is 37.4 Å². The van der Waals surface area contributed by atoms with Gasteiger partial charge in [0.15, 0.2) is 11.5 Å². The highest BCUT2D eigenvalue weighted by molar-refractivity contribution is 5.72. The SMILES string of the molecule is CC(C)OCCNc1cc2c(cc1N)OCCO2. The molecule has 5 nitrogen and oxygen atoms in total. The highest BCUT2D eigenvalue weighted by atomic mass is 16.6. The number of ether oxygens (including phenoxy) is 3. The zero-order valence-corrected chi connectivity index (χ0v) is 10.9. The number of rotatable bonds is 5. The van der Waals surface area contributed by atoms with E-state index in [2.05, 4.69) is 5.32 Å². The first-order valence-corrected chi connectivity index (χ1v) is 6.21. The monoisotopic (exact) mass is 252 g/mol. The molecule has 0 bridgehead atoms. The molecule has 0 saturated carbocycles. The van der Waals surface area contributed by atoms with Gasteiger partial charge in [0, 0.05) is 18.7 Å². The molecule has 100 valence electrons. The molecule has 18 heavy (non-hydrogen) atoms. The summed E-state index contributed by atoms with van der Waals surface area (Å²) in [4.78, 5) is 0. The van der Waals surface area contributed by atoms with E-state index in [1.165, 1.54) is 0 Å². The molecule has 5 heteroatoms. The van der Waals surface area contributed by atoms with Crippen molar-refractivity contribution < 1.29 is 14.2 Å². The van der Waals surface area contributed by atoms with Crippen LogP contribution in [0.3, 0.4) is 0 Å². The molecule has 0 fully saturated rings. The molecule has 1 aromatic carbocycles. The second-order valence-corrected chi connectivity index (χ2v) is 4.43. The summed E-state index contributed by atoms with van der Waals surface area (Å²) in [6, 6.07) is 3.67. The molecule has 1 aliphatic rings. The van der Waals surface area contributed by atoms with Gasteiger partial charge in [-0.25, -0.2) is 0 Å². The van der Waals surface area contributed by atoms with Crippen LogP contribution in [0.2, 0.25) is 0 Å². The van der Waals surface area contributed by atoms with Crippen LogP contribution in [0.15, 0.2) is 12.1 Å². The zero-order valence-electron chi connectivity index (χ0n) is 10.9. The lowest BCUT2D eigenvalue weighted by Gasteiger charge is -2.20. The van der Waals surface area contributed by atoms with Crippen molar-refractivity contribution in [2.45, 2.75) is 20.0 Å². The lowest BCUT2D eigenvalue weighted by molar-refractivity contribution is 0.0870. The van der Waals surface area contributed by atoms with Crippen LogP contribution in [0.25, 0.3) is 0 Å². The Morgan fingerprint density at radius 3 is 2.61 bits per heavy atom. The Morgan fingerprint density at radius 2 is 1.94 bits per heavy atom. The van der Waals surface area contributed by atoms with E-state index in [4.69, 9.17) is 19.9 Å². The Labute approximate surface area is 107 Å². The molecular formula is C13H20N2O3. The number of nitrogen functional groups attached to an aromatic ring is 1.